The summed E-state index contributed by atoms with van der Waals surface area (Å²) in [6.07, 6.45) is 8.69. The molecule has 4 aliphatic rings. The van der Waals surface area contributed by atoms with E-state index in [9.17, 15) is 24.3 Å². The first-order valence-electron chi connectivity index (χ1n) is 20.4. The van der Waals surface area contributed by atoms with E-state index in [-0.39, 0.29) is 37.5 Å². The van der Waals surface area contributed by atoms with Crippen molar-refractivity contribution in [3.8, 4) is 22.9 Å². The van der Waals surface area contributed by atoms with Crippen molar-refractivity contribution in [2.75, 3.05) is 19.0 Å². The molecule has 0 bridgehead atoms. The molecule has 14 nitrogen and oxygen atoms in total. The third kappa shape index (κ3) is 8.98. The Kier molecular flexibility index (Phi) is 12.2. The summed E-state index contributed by atoms with van der Waals surface area (Å²) in [5.41, 5.74) is 1.41. The van der Waals surface area contributed by atoms with E-state index >= 15 is 0 Å². The molecule has 7 rings (SSSR count). The quantitative estimate of drug-likeness (QED) is 0.158. The molecule has 2 aliphatic carbocycles. The Balaban J connectivity index is 1.21. The number of thiazole rings is 1. The lowest BCUT2D eigenvalue weighted by Crippen LogP contribution is -2.56. The van der Waals surface area contributed by atoms with E-state index in [1.807, 2.05) is 50.4 Å². The van der Waals surface area contributed by atoms with Gasteiger partial charge in [-0.3, -0.25) is 9.59 Å². The molecule has 306 valence electrons. The summed E-state index contributed by atoms with van der Waals surface area (Å²) in [6, 6.07) is 5.51. The number of carbonyl (C=O) groups is 4. The van der Waals surface area contributed by atoms with E-state index in [1.165, 1.54) is 16.2 Å². The lowest BCUT2D eigenvalue weighted by atomic mass is 10.0. The number of nitrogens with one attached hydrogen (secondary N) is 3. The van der Waals surface area contributed by atoms with Crippen LogP contribution in [0.1, 0.15) is 97.8 Å². The van der Waals surface area contributed by atoms with Crippen molar-refractivity contribution >= 4 is 51.2 Å². The van der Waals surface area contributed by atoms with Gasteiger partial charge in [0, 0.05) is 41.3 Å². The second kappa shape index (κ2) is 17.3. The van der Waals surface area contributed by atoms with E-state index < -0.39 is 47.6 Å². The molecular formula is C42H54N6O8S. The van der Waals surface area contributed by atoms with Crippen LogP contribution in [0.2, 0.25) is 0 Å². The van der Waals surface area contributed by atoms with Gasteiger partial charge in [-0.1, -0.05) is 31.4 Å². The molecule has 0 unspecified atom stereocenters. The molecule has 3 aromatic rings. The van der Waals surface area contributed by atoms with Crippen molar-refractivity contribution < 1.29 is 38.5 Å². The first-order chi connectivity index (χ1) is 27.5. The monoisotopic (exact) mass is 802 g/mol. The summed E-state index contributed by atoms with van der Waals surface area (Å²) in [4.78, 5) is 66.2. The number of alkyl carbamates (subject to hydrolysis) is 1. The summed E-state index contributed by atoms with van der Waals surface area (Å²) < 4.78 is 18.0. The highest BCUT2D eigenvalue weighted by Gasteiger charge is 2.63. The SMILES string of the molecule is CC/C1=C/CCCCC[C@H](NC(=O)OC2CCCC2)C(=O)N2C[C@H](Oc3cc(-c4csc(NC(C)C)n4)nc4cc(OC)ccc34)C[C@H]2C(=O)N[C@]2(C(=O)O)C[C@@H]12. The normalized spacial score (nSPS) is 26.7. The molecule has 1 aromatic carbocycles. The highest BCUT2D eigenvalue weighted by Crippen LogP contribution is 2.50. The number of ether oxygens (including phenoxy) is 3. The molecule has 2 aliphatic heterocycles. The number of aliphatic carboxylic acids is 1. The first-order valence-corrected chi connectivity index (χ1v) is 21.3. The number of hydrogen-bond acceptors (Lipinski definition) is 11. The lowest BCUT2D eigenvalue weighted by molar-refractivity contribution is -0.145. The number of allylic oxidation sites excluding steroid dienone is 1. The van der Waals surface area contributed by atoms with E-state index in [1.54, 1.807) is 7.11 Å². The Morgan fingerprint density at radius 2 is 1.84 bits per heavy atom. The standard InChI is InChI=1S/C42H54N6O8S/c1-5-25-12-8-6-7-9-15-31(46-41(53)56-26-13-10-11-14-26)38(50)48-22-28(19-35(48)37(49)47-42(39(51)52)21-30(25)42)55-36-20-33(34-23-57-40(45-34)43-24(2)3)44-32-18-27(54-4)16-17-29(32)36/h12,16-18,20,23-24,26,28,30-31,35H,5-11,13-15,19,21-22H2,1-4H3,(H,43,45)(H,46,53)(H,47,49)(H,51,52)/b25-12-/t28-,30+,31+,35+,42-/m1/s1. The molecule has 3 fully saturated rings. The molecule has 5 atom stereocenters. The Hall–Kier alpha value is -4.92. The van der Waals surface area contributed by atoms with Crippen molar-refractivity contribution in [3.63, 3.8) is 0 Å². The van der Waals surface area contributed by atoms with Crippen LogP contribution in [0.25, 0.3) is 22.3 Å². The third-order valence-corrected chi connectivity index (χ3v) is 12.4. The molecule has 15 heteroatoms. The molecule has 2 saturated carbocycles. The number of pyridine rings is 1. The maximum absolute atomic E-state index is 14.6. The average molecular weight is 803 g/mol. The Bertz CT molecular complexity index is 2010. The van der Waals surface area contributed by atoms with Gasteiger partial charge in [0.2, 0.25) is 11.8 Å². The number of hydrogen-bond donors (Lipinski definition) is 4. The lowest BCUT2D eigenvalue weighted by Gasteiger charge is -2.29. The fourth-order valence-corrected chi connectivity index (χ4v) is 9.37. The van der Waals surface area contributed by atoms with E-state index in [2.05, 4.69) is 22.0 Å². The Morgan fingerprint density at radius 3 is 2.58 bits per heavy atom. The van der Waals surface area contributed by atoms with Gasteiger partial charge in [-0.2, -0.15) is 0 Å². The average Bonchev–Trinajstić information content (AvgIpc) is 3.58. The second-order valence-electron chi connectivity index (χ2n) is 16.0. The van der Waals surface area contributed by atoms with Crippen molar-refractivity contribution in [1.29, 1.82) is 0 Å². The van der Waals surface area contributed by atoms with Gasteiger partial charge in [0.25, 0.3) is 0 Å². The minimum Gasteiger partial charge on any atom is -0.497 e. The van der Waals surface area contributed by atoms with E-state index in [0.717, 1.165) is 55.7 Å². The van der Waals surface area contributed by atoms with Crippen LogP contribution in [0.3, 0.4) is 0 Å². The number of nitrogens with zero attached hydrogens (tertiary/aromatic N) is 3. The number of fused-ring (bicyclic) bond motifs is 3. The van der Waals surface area contributed by atoms with Crippen LogP contribution in [0, 0.1) is 5.92 Å². The number of rotatable bonds is 10. The largest absolute Gasteiger partial charge is 0.497 e. The number of amides is 3. The number of carboxylic acid groups (broad SMARTS) is 1. The number of carboxylic acids is 1. The molecule has 3 amide bonds. The molecule has 0 spiro atoms. The topological polar surface area (TPSA) is 181 Å². The second-order valence-corrected chi connectivity index (χ2v) is 16.9. The molecule has 4 heterocycles. The zero-order chi connectivity index (χ0) is 40.3. The Labute approximate surface area is 337 Å². The Morgan fingerprint density at radius 1 is 1.05 bits per heavy atom. The van der Waals surface area contributed by atoms with Crippen molar-refractivity contribution in [3.05, 3.63) is 41.3 Å². The van der Waals surface area contributed by atoms with Crippen LogP contribution < -0.4 is 25.4 Å². The van der Waals surface area contributed by atoms with Crippen LogP contribution in [-0.2, 0) is 19.1 Å². The number of carbonyl (C=O) groups excluding carboxylic acids is 3. The smallest absolute Gasteiger partial charge is 0.408 e. The van der Waals surface area contributed by atoms with Gasteiger partial charge in [0.1, 0.15) is 47.0 Å². The highest BCUT2D eigenvalue weighted by molar-refractivity contribution is 7.14. The van der Waals surface area contributed by atoms with Crippen LogP contribution >= 0.6 is 11.3 Å². The summed E-state index contributed by atoms with van der Waals surface area (Å²) in [6.45, 7) is 6.12. The number of benzene rings is 1. The predicted molar refractivity (Wildman–Crippen MR) is 216 cm³/mol. The fraction of sp³-hybridized carbons (Fsp3) is 0.571. The van der Waals surface area contributed by atoms with Gasteiger partial charge in [-0.05, 0) is 83.8 Å². The molecule has 1 saturated heterocycles. The van der Waals surface area contributed by atoms with Crippen LogP contribution in [0.15, 0.2) is 41.3 Å². The number of aromatic nitrogens is 2. The predicted octanol–water partition coefficient (Wildman–Crippen LogP) is 6.83. The van der Waals surface area contributed by atoms with Crippen LogP contribution in [-0.4, -0.2) is 93.4 Å². The molecule has 57 heavy (non-hydrogen) atoms. The zero-order valence-electron chi connectivity index (χ0n) is 33.2. The maximum Gasteiger partial charge on any atom is 0.408 e. The van der Waals surface area contributed by atoms with Gasteiger partial charge < -0.3 is 40.2 Å². The summed E-state index contributed by atoms with van der Waals surface area (Å²) in [7, 11) is 1.59. The molecule has 0 radical (unpaired) electrons. The first kappa shape index (κ1) is 40.3. The number of methoxy groups -OCH3 is 1. The van der Waals surface area contributed by atoms with Gasteiger partial charge in [0.15, 0.2) is 5.13 Å². The highest BCUT2D eigenvalue weighted by atomic mass is 32.1. The van der Waals surface area contributed by atoms with Gasteiger partial charge >= 0.3 is 12.1 Å². The summed E-state index contributed by atoms with van der Waals surface area (Å²) in [5.74, 6) is -1.31. The van der Waals surface area contributed by atoms with Gasteiger partial charge in [-0.15, -0.1) is 11.3 Å². The van der Waals surface area contributed by atoms with Gasteiger partial charge in [0.05, 0.1) is 24.9 Å². The van der Waals surface area contributed by atoms with Crippen molar-refractivity contribution in [2.24, 2.45) is 5.92 Å². The van der Waals surface area contributed by atoms with E-state index in [0.29, 0.717) is 53.1 Å². The van der Waals surface area contributed by atoms with E-state index in [4.69, 9.17) is 24.2 Å². The minimum absolute atomic E-state index is 0.0326. The maximum atomic E-state index is 14.6. The van der Waals surface area contributed by atoms with Crippen LogP contribution in [0.5, 0.6) is 11.5 Å². The molecular weight excluding hydrogens is 749 g/mol. The fourth-order valence-electron chi connectivity index (χ4n) is 8.51. The third-order valence-electron chi connectivity index (χ3n) is 11.6. The van der Waals surface area contributed by atoms with Crippen molar-refractivity contribution in [1.82, 2.24) is 25.5 Å². The number of anilines is 1. The zero-order valence-corrected chi connectivity index (χ0v) is 34.0. The van der Waals surface area contributed by atoms with Crippen LogP contribution in [0.4, 0.5) is 9.93 Å². The summed E-state index contributed by atoms with van der Waals surface area (Å²) >= 11 is 1.47. The van der Waals surface area contributed by atoms with Crippen molar-refractivity contribution in [2.45, 2.75) is 134 Å². The molecule has 4 N–H and O–H groups in total. The molecule has 2 aromatic heterocycles. The van der Waals surface area contributed by atoms with Gasteiger partial charge in [-0.25, -0.2) is 19.6 Å². The summed E-state index contributed by atoms with van der Waals surface area (Å²) in [5, 5.41) is 22.9. The minimum atomic E-state index is -1.46.